The van der Waals surface area contributed by atoms with Gasteiger partial charge in [-0.25, -0.2) is 17.9 Å². The highest BCUT2D eigenvalue weighted by molar-refractivity contribution is 7.89. The largest absolute Gasteiger partial charge is 0.478 e. The van der Waals surface area contributed by atoms with Gasteiger partial charge < -0.3 is 9.84 Å². The number of H-pyrrole nitrogens is 1. The molecular weight excluding hydrogens is 274 g/mol. The van der Waals surface area contributed by atoms with Gasteiger partial charge in [0.1, 0.15) is 5.56 Å². The van der Waals surface area contributed by atoms with Gasteiger partial charge >= 0.3 is 5.97 Å². The maximum absolute atomic E-state index is 12.1. The number of rotatable bonds is 7. The molecule has 0 spiro atoms. The van der Waals surface area contributed by atoms with Gasteiger partial charge in [-0.15, -0.1) is 0 Å². The van der Waals surface area contributed by atoms with Crippen LogP contribution >= 0.6 is 0 Å². The number of sulfonamides is 1. The van der Waals surface area contributed by atoms with Crippen molar-refractivity contribution in [1.29, 1.82) is 0 Å². The van der Waals surface area contributed by atoms with Gasteiger partial charge in [-0.2, -0.15) is 5.10 Å². The summed E-state index contributed by atoms with van der Waals surface area (Å²) in [6.45, 7) is 3.85. The SMILES string of the molecule is COCC(NS(=O)(=O)c1[nH]ncc1C(=O)O)C(C)C. The topological polar surface area (TPSA) is 121 Å². The summed E-state index contributed by atoms with van der Waals surface area (Å²) >= 11 is 0. The van der Waals surface area contributed by atoms with Gasteiger partial charge in [-0.05, 0) is 5.92 Å². The summed E-state index contributed by atoms with van der Waals surface area (Å²) in [5.41, 5.74) is -0.396. The monoisotopic (exact) mass is 291 g/mol. The number of carboxylic acid groups (broad SMARTS) is 1. The van der Waals surface area contributed by atoms with Gasteiger partial charge in [0.15, 0.2) is 5.03 Å². The first-order valence-electron chi connectivity index (χ1n) is 5.57. The van der Waals surface area contributed by atoms with Crippen molar-refractivity contribution in [2.45, 2.75) is 24.9 Å². The molecule has 0 aliphatic heterocycles. The quantitative estimate of drug-likeness (QED) is 0.653. The third-order valence-corrected chi connectivity index (χ3v) is 4.02. The third-order valence-electron chi connectivity index (χ3n) is 2.56. The number of aromatic nitrogens is 2. The van der Waals surface area contributed by atoms with Gasteiger partial charge in [-0.1, -0.05) is 13.8 Å². The van der Waals surface area contributed by atoms with E-state index in [0.29, 0.717) is 0 Å². The van der Waals surface area contributed by atoms with E-state index in [1.807, 2.05) is 13.8 Å². The second kappa shape index (κ2) is 6.13. The molecule has 0 aromatic carbocycles. The molecule has 1 aromatic rings. The maximum Gasteiger partial charge on any atom is 0.340 e. The Bertz CT molecular complexity index is 537. The molecule has 108 valence electrons. The molecule has 1 atom stereocenters. The summed E-state index contributed by atoms with van der Waals surface area (Å²) in [5.74, 6) is -1.37. The molecule has 1 aromatic heterocycles. The number of aromatic carboxylic acids is 1. The van der Waals surface area contributed by atoms with Crippen LogP contribution in [0.15, 0.2) is 11.2 Å². The van der Waals surface area contributed by atoms with Gasteiger partial charge in [0.2, 0.25) is 0 Å². The van der Waals surface area contributed by atoms with E-state index in [2.05, 4.69) is 14.9 Å². The summed E-state index contributed by atoms with van der Waals surface area (Å²) < 4.78 is 31.6. The number of nitrogens with zero attached hydrogens (tertiary/aromatic N) is 1. The number of carboxylic acids is 1. The van der Waals surface area contributed by atoms with Crippen LogP contribution in [0, 0.1) is 5.92 Å². The van der Waals surface area contributed by atoms with Crippen molar-refractivity contribution in [3.8, 4) is 0 Å². The van der Waals surface area contributed by atoms with Crippen molar-refractivity contribution in [2.24, 2.45) is 5.92 Å². The maximum atomic E-state index is 12.1. The highest BCUT2D eigenvalue weighted by Crippen LogP contribution is 2.14. The Balaban J connectivity index is 3.03. The van der Waals surface area contributed by atoms with Crippen molar-refractivity contribution in [1.82, 2.24) is 14.9 Å². The van der Waals surface area contributed by atoms with Gasteiger partial charge in [0.25, 0.3) is 10.0 Å². The first-order chi connectivity index (χ1) is 8.79. The number of ether oxygens (including phenoxy) is 1. The van der Waals surface area contributed by atoms with Crippen LogP contribution < -0.4 is 4.72 Å². The lowest BCUT2D eigenvalue weighted by Crippen LogP contribution is -2.42. The Kier molecular flexibility index (Phi) is 5.04. The molecule has 0 amide bonds. The van der Waals surface area contributed by atoms with E-state index in [1.165, 1.54) is 7.11 Å². The van der Waals surface area contributed by atoms with Gasteiger partial charge in [-0.3, -0.25) is 5.10 Å². The van der Waals surface area contributed by atoms with Crippen molar-refractivity contribution in [3.05, 3.63) is 11.8 Å². The normalized spacial score (nSPS) is 13.7. The van der Waals surface area contributed by atoms with E-state index < -0.39 is 32.6 Å². The van der Waals surface area contributed by atoms with Crippen molar-refractivity contribution >= 4 is 16.0 Å². The van der Waals surface area contributed by atoms with Crippen LogP contribution in [0.5, 0.6) is 0 Å². The summed E-state index contributed by atoms with van der Waals surface area (Å²) in [6, 6.07) is -0.458. The molecule has 8 nitrogen and oxygen atoms in total. The average Bonchev–Trinajstić information content (AvgIpc) is 2.77. The molecule has 1 heterocycles. The Morgan fingerprint density at radius 3 is 2.68 bits per heavy atom. The summed E-state index contributed by atoms with van der Waals surface area (Å²) in [6.07, 6.45) is 0.956. The Hall–Kier alpha value is -1.45. The molecule has 0 bridgehead atoms. The minimum Gasteiger partial charge on any atom is -0.478 e. The fourth-order valence-electron chi connectivity index (χ4n) is 1.43. The lowest BCUT2D eigenvalue weighted by molar-refractivity contribution is 0.0692. The molecule has 3 N–H and O–H groups in total. The Labute approximate surface area is 111 Å². The van der Waals surface area contributed by atoms with Crippen molar-refractivity contribution in [2.75, 3.05) is 13.7 Å². The Morgan fingerprint density at radius 2 is 2.21 bits per heavy atom. The van der Waals surface area contributed by atoms with Crippen LogP contribution in [-0.4, -0.2) is 49.4 Å². The molecule has 9 heteroatoms. The van der Waals surface area contributed by atoms with Gasteiger partial charge in [0, 0.05) is 13.2 Å². The summed E-state index contributed by atoms with van der Waals surface area (Å²) in [4.78, 5) is 10.9. The van der Waals surface area contributed by atoms with Crippen LogP contribution in [-0.2, 0) is 14.8 Å². The third kappa shape index (κ3) is 3.75. The molecular formula is C10H17N3O5S. The second-order valence-electron chi connectivity index (χ2n) is 4.35. The van der Waals surface area contributed by atoms with Crippen LogP contribution in [0.3, 0.4) is 0 Å². The summed E-state index contributed by atoms with van der Waals surface area (Å²) in [5, 5.41) is 14.1. The number of hydrogen-bond donors (Lipinski definition) is 3. The second-order valence-corrected chi connectivity index (χ2v) is 6.00. The molecule has 1 rings (SSSR count). The zero-order chi connectivity index (χ0) is 14.6. The number of methoxy groups -OCH3 is 1. The number of hydrogen-bond acceptors (Lipinski definition) is 5. The van der Waals surface area contributed by atoms with Crippen LogP contribution in [0.25, 0.3) is 0 Å². The minimum atomic E-state index is -3.99. The van der Waals surface area contributed by atoms with E-state index >= 15 is 0 Å². The summed E-state index contributed by atoms with van der Waals surface area (Å²) in [7, 11) is -2.53. The lowest BCUT2D eigenvalue weighted by atomic mass is 10.1. The smallest absolute Gasteiger partial charge is 0.340 e. The zero-order valence-corrected chi connectivity index (χ0v) is 11.7. The Morgan fingerprint density at radius 1 is 1.58 bits per heavy atom. The predicted octanol–water partition coefficient (Wildman–Crippen LogP) is 0.0572. The lowest BCUT2D eigenvalue weighted by Gasteiger charge is -2.20. The molecule has 0 saturated carbocycles. The average molecular weight is 291 g/mol. The first kappa shape index (κ1) is 15.6. The van der Waals surface area contributed by atoms with Crippen LogP contribution in [0.2, 0.25) is 0 Å². The molecule has 0 aliphatic rings. The molecule has 1 unspecified atom stereocenters. The highest BCUT2D eigenvalue weighted by atomic mass is 32.2. The molecule has 0 aliphatic carbocycles. The van der Waals surface area contributed by atoms with Crippen LogP contribution in [0.1, 0.15) is 24.2 Å². The molecule has 19 heavy (non-hydrogen) atoms. The molecule has 0 saturated heterocycles. The first-order valence-corrected chi connectivity index (χ1v) is 7.05. The van der Waals surface area contributed by atoms with Gasteiger partial charge in [0.05, 0.1) is 12.8 Å². The number of carbonyl (C=O) groups is 1. The molecule has 0 fully saturated rings. The fraction of sp³-hybridized carbons (Fsp3) is 0.600. The number of aromatic amines is 1. The number of nitrogens with one attached hydrogen (secondary N) is 2. The standard InChI is InChI=1S/C10H17N3O5S/c1-6(2)8(5-18-3)13-19(16,17)9-7(10(14)15)4-11-12-9/h4,6,8,13H,5H2,1-3H3,(H,11,12)(H,14,15). The fourth-order valence-corrected chi connectivity index (χ4v) is 2.89. The van der Waals surface area contributed by atoms with E-state index in [1.54, 1.807) is 0 Å². The minimum absolute atomic E-state index is 0.00840. The van der Waals surface area contributed by atoms with Crippen molar-refractivity contribution < 1.29 is 23.1 Å². The highest BCUT2D eigenvalue weighted by Gasteiger charge is 2.28. The van der Waals surface area contributed by atoms with Crippen LogP contribution in [0.4, 0.5) is 0 Å². The van der Waals surface area contributed by atoms with E-state index in [4.69, 9.17) is 9.84 Å². The predicted molar refractivity (Wildman–Crippen MR) is 66.4 cm³/mol. The molecule has 0 radical (unpaired) electrons. The zero-order valence-electron chi connectivity index (χ0n) is 10.9. The van der Waals surface area contributed by atoms with E-state index in [9.17, 15) is 13.2 Å². The van der Waals surface area contributed by atoms with Crippen molar-refractivity contribution in [3.63, 3.8) is 0 Å². The van der Waals surface area contributed by atoms with E-state index in [-0.39, 0.29) is 12.5 Å². The van der Waals surface area contributed by atoms with E-state index in [0.717, 1.165) is 6.20 Å².